The van der Waals surface area contributed by atoms with Crippen LogP contribution in [0.5, 0.6) is 0 Å². The Morgan fingerprint density at radius 2 is 2.43 bits per heavy atom. The van der Waals surface area contributed by atoms with Gasteiger partial charge in [-0.1, -0.05) is 0 Å². The third kappa shape index (κ3) is 1.52. The van der Waals surface area contributed by atoms with Crippen molar-refractivity contribution in [2.45, 2.75) is 0 Å². The van der Waals surface area contributed by atoms with E-state index < -0.39 is 0 Å². The molecule has 0 bridgehead atoms. The fourth-order valence-electron chi connectivity index (χ4n) is 1.29. The maximum absolute atomic E-state index is 11.5. The molecule has 4 nitrogen and oxygen atoms in total. The van der Waals surface area contributed by atoms with Crippen molar-refractivity contribution in [2.24, 2.45) is 0 Å². The molecular weight excluding hydrogens is 180 g/mol. The Bertz CT molecular complexity index is 462. The van der Waals surface area contributed by atoms with Crippen LogP contribution in [-0.2, 0) is 0 Å². The fourth-order valence-corrected chi connectivity index (χ4v) is 1.29. The van der Waals surface area contributed by atoms with Crippen LogP contribution < -0.4 is 5.32 Å². The molecule has 0 amide bonds. The lowest BCUT2D eigenvalue weighted by Gasteiger charge is -1.98. The average molecular weight is 190 g/mol. The molecule has 1 heterocycles. The molecule has 0 saturated carbocycles. The van der Waals surface area contributed by atoms with Gasteiger partial charge in [-0.2, -0.15) is 0 Å². The summed E-state index contributed by atoms with van der Waals surface area (Å²) in [5, 5.41) is 2.81. The van der Waals surface area contributed by atoms with Gasteiger partial charge in [-0.3, -0.25) is 4.79 Å². The molecule has 0 atom stereocenters. The van der Waals surface area contributed by atoms with Crippen molar-refractivity contribution in [3.63, 3.8) is 0 Å². The maximum atomic E-state index is 11.5. The summed E-state index contributed by atoms with van der Waals surface area (Å²) < 4.78 is 5.10. The summed E-state index contributed by atoms with van der Waals surface area (Å²) in [5.41, 5.74) is 2.06. The minimum absolute atomic E-state index is 0.0470. The fraction of sp³-hybridized carbons (Fsp3) is 0.200. The molecule has 14 heavy (non-hydrogen) atoms. The Balaban J connectivity index is 2.38. The predicted molar refractivity (Wildman–Crippen MR) is 52.3 cm³/mol. The third-order valence-corrected chi connectivity index (χ3v) is 1.99. The summed E-state index contributed by atoms with van der Waals surface area (Å²) in [7, 11) is 1.74. The highest BCUT2D eigenvalue weighted by molar-refractivity contribution is 5.99. The van der Waals surface area contributed by atoms with E-state index in [1.165, 1.54) is 6.39 Å². The number of benzene rings is 1. The number of oxazole rings is 1. The minimum Gasteiger partial charge on any atom is -0.443 e. The number of nitrogens with one attached hydrogen (secondary N) is 1. The average Bonchev–Trinajstić information content (AvgIpc) is 2.64. The van der Waals surface area contributed by atoms with Gasteiger partial charge >= 0.3 is 0 Å². The molecule has 2 aromatic rings. The Kier molecular flexibility index (Phi) is 2.28. The molecular formula is C10H10N2O2. The van der Waals surface area contributed by atoms with Crippen LogP contribution in [0.2, 0.25) is 0 Å². The van der Waals surface area contributed by atoms with E-state index in [1.54, 1.807) is 25.2 Å². The Hall–Kier alpha value is -1.68. The third-order valence-electron chi connectivity index (χ3n) is 1.99. The molecule has 0 aliphatic rings. The number of carbonyl (C=O) groups excluding carboxylic acids is 1. The molecule has 0 unspecified atom stereocenters. The summed E-state index contributed by atoms with van der Waals surface area (Å²) in [6.45, 7) is 0.333. The SMILES string of the molecule is CNCC(=O)c1ccc2ncoc2c1. The van der Waals surface area contributed by atoms with Crippen molar-refractivity contribution in [1.29, 1.82) is 0 Å². The number of hydrogen-bond donors (Lipinski definition) is 1. The topological polar surface area (TPSA) is 55.1 Å². The molecule has 0 aliphatic heterocycles. The first-order valence-corrected chi connectivity index (χ1v) is 4.32. The number of rotatable bonds is 3. The molecule has 0 radical (unpaired) electrons. The summed E-state index contributed by atoms with van der Waals surface area (Å²) in [4.78, 5) is 15.5. The lowest BCUT2D eigenvalue weighted by Crippen LogP contribution is -2.18. The summed E-state index contributed by atoms with van der Waals surface area (Å²) in [5.74, 6) is 0.0470. The molecule has 0 saturated heterocycles. The van der Waals surface area contributed by atoms with Crippen LogP contribution >= 0.6 is 0 Å². The Labute approximate surface area is 80.9 Å². The van der Waals surface area contributed by atoms with E-state index in [1.807, 2.05) is 0 Å². The molecule has 0 aliphatic carbocycles. The molecule has 1 aromatic heterocycles. The number of aromatic nitrogens is 1. The Morgan fingerprint density at radius 1 is 1.57 bits per heavy atom. The van der Waals surface area contributed by atoms with Crippen LogP contribution in [0, 0.1) is 0 Å². The molecule has 1 aromatic carbocycles. The first-order valence-electron chi connectivity index (χ1n) is 4.32. The van der Waals surface area contributed by atoms with E-state index in [0.717, 1.165) is 5.52 Å². The van der Waals surface area contributed by atoms with E-state index in [-0.39, 0.29) is 5.78 Å². The van der Waals surface area contributed by atoms with Crippen molar-refractivity contribution < 1.29 is 9.21 Å². The highest BCUT2D eigenvalue weighted by atomic mass is 16.3. The first-order chi connectivity index (χ1) is 6.81. The Morgan fingerprint density at radius 3 is 3.21 bits per heavy atom. The van der Waals surface area contributed by atoms with Crippen molar-refractivity contribution in [1.82, 2.24) is 10.3 Å². The number of carbonyl (C=O) groups is 1. The van der Waals surface area contributed by atoms with E-state index in [0.29, 0.717) is 17.7 Å². The molecule has 4 heteroatoms. The quantitative estimate of drug-likeness (QED) is 0.739. The van der Waals surface area contributed by atoms with Crippen LogP contribution in [0.3, 0.4) is 0 Å². The van der Waals surface area contributed by atoms with Crippen molar-refractivity contribution >= 4 is 16.9 Å². The van der Waals surface area contributed by atoms with Gasteiger partial charge in [0.05, 0.1) is 6.54 Å². The standard InChI is InChI=1S/C10H10N2O2/c1-11-5-9(13)7-2-3-8-10(4-7)14-6-12-8/h2-4,6,11H,5H2,1H3. The second kappa shape index (κ2) is 3.59. The number of Topliss-reactive ketones (excluding diaryl/α,β-unsaturated/α-hetero) is 1. The largest absolute Gasteiger partial charge is 0.443 e. The van der Waals surface area contributed by atoms with Crippen LogP contribution in [0.15, 0.2) is 29.0 Å². The maximum Gasteiger partial charge on any atom is 0.181 e. The highest BCUT2D eigenvalue weighted by Gasteiger charge is 2.06. The number of ketones is 1. The lowest BCUT2D eigenvalue weighted by molar-refractivity contribution is 0.0993. The van der Waals surface area contributed by atoms with Gasteiger partial charge in [0, 0.05) is 5.56 Å². The van der Waals surface area contributed by atoms with Crippen LogP contribution in [0.1, 0.15) is 10.4 Å². The smallest absolute Gasteiger partial charge is 0.181 e. The summed E-state index contributed by atoms with van der Waals surface area (Å²) in [6.07, 6.45) is 1.37. The van der Waals surface area contributed by atoms with E-state index >= 15 is 0 Å². The number of hydrogen-bond acceptors (Lipinski definition) is 4. The van der Waals surface area contributed by atoms with Crippen LogP contribution in [-0.4, -0.2) is 24.4 Å². The van der Waals surface area contributed by atoms with Gasteiger partial charge in [0.25, 0.3) is 0 Å². The predicted octanol–water partition coefficient (Wildman–Crippen LogP) is 1.23. The number of fused-ring (bicyclic) bond motifs is 1. The van der Waals surface area contributed by atoms with Crippen LogP contribution in [0.25, 0.3) is 11.1 Å². The van der Waals surface area contributed by atoms with E-state index in [2.05, 4.69) is 10.3 Å². The van der Waals surface area contributed by atoms with Gasteiger partial charge in [-0.25, -0.2) is 4.98 Å². The lowest BCUT2D eigenvalue weighted by atomic mass is 10.1. The summed E-state index contributed by atoms with van der Waals surface area (Å²) >= 11 is 0. The first kappa shape index (κ1) is 8.90. The van der Waals surface area contributed by atoms with Crippen molar-refractivity contribution in [3.8, 4) is 0 Å². The molecule has 2 rings (SSSR count). The minimum atomic E-state index is 0.0470. The summed E-state index contributed by atoms with van der Waals surface area (Å²) in [6, 6.07) is 5.24. The molecule has 72 valence electrons. The van der Waals surface area contributed by atoms with Gasteiger partial charge in [0.15, 0.2) is 17.8 Å². The second-order valence-corrected chi connectivity index (χ2v) is 2.99. The van der Waals surface area contributed by atoms with Crippen molar-refractivity contribution in [2.75, 3.05) is 13.6 Å². The molecule has 1 N–H and O–H groups in total. The molecule has 0 spiro atoms. The second-order valence-electron chi connectivity index (χ2n) is 2.99. The van der Waals surface area contributed by atoms with Gasteiger partial charge in [-0.05, 0) is 25.2 Å². The zero-order chi connectivity index (χ0) is 9.97. The molecule has 0 fully saturated rings. The van der Waals surface area contributed by atoms with E-state index in [4.69, 9.17) is 4.42 Å². The zero-order valence-electron chi connectivity index (χ0n) is 7.78. The monoisotopic (exact) mass is 190 g/mol. The highest BCUT2D eigenvalue weighted by Crippen LogP contribution is 2.14. The zero-order valence-corrected chi connectivity index (χ0v) is 7.78. The van der Waals surface area contributed by atoms with Gasteiger partial charge in [-0.15, -0.1) is 0 Å². The van der Waals surface area contributed by atoms with E-state index in [9.17, 15) is 4.79 Å². The van der Waals surface area contributed by atoms with Gasteiger partial charge < -0.3 is 9.73 Å². The van der Waals surface area contributed by atoms with Crippen molar-refractivity contribution in [3.05, 3.63) is 30.2 Å². The van der Waals surface area contributed by atoms with Gasteiger partial charge in [0.1, 0.15) is 5.52 Å². The normalized spacial score (nSPS) is 10.6. The van der Waals surface area contributed by atoms with Gasteiger partial charge in [0.2, 0.25) is 0 Å². The van der Waals surface area contributed by atoms with Crippen LogP contribution in [0.4, 0.5) is 0 Å². The number of nitrogens with zero attached hydrogens (tertiary/aromatic N) is 1. The number of likely N-dealkylation sites (N-methyl/N-ethyl adjacent to an activating group) is 1.